The van der Waals surface area contributed by atoms with Crippen LogP contribution in [0.1, 0.15) is 16.7 Å². The first-order valence-electron chi connectivity index (χ1n) is 8.07. The van der Waals surface area contributed by atoms with Crippen molar-refractivity contribution in [1.29, 1.82) is 0 Å². The van der Waals surface area contributed by atoms with Gasteiger partial charge in [-0.3, -0.25) is 0 Å². The molecule has 3 nitrogen and oxygen atoms in total. The van der Waals surface area contributed by atoms with Gasteiger partial charge in [-0.25, -0.2) is 0 Å². The van der Waals surface area contributed by atoms with Gasteiger partial charge in [0, 0.05) is 15.6 Å². The Hall–Kier alpha value is -2.49. The Morgan fingerprint density at radius 3 is 2.15 bits per heavy atom. The third-order valence-corrected chi connectivity index (χ3v) is 4.38. The van der Waals surface area contributed by atoms with Crippen molar-refractivity contribution in [2.24, 2.45) is 5.16 Å². The molecule has 0 heterocycles. The molecule has 0 radical (unpaired) electrons. The summed E-state index contributed by atoms with van der Waals surface area (Å²) in [5.41, 5.74) is 2.75. The van der Waals surface area contributed by atoms with Gasteiger partial charge in [0.15, 0.2) is 0 Å². The van der Waals surface area contributed by atoms with Gasteiger partial charge in [-0.15, -0.1) is 0 Å². The molecule has 0 N–H and O–H groups in total. The van der Waals surface area contributed by atoms with Crippen LogP contribution in [0.2, 0.25) is 10.0 Å². The van der Waals surface area contributed by atoms with Crippen LogP contribution in [0, 0.1) is 0 Å². The largest absolute Gasteiger partial charge is 0.489 e. The molecule has 26 heavy (non-hydrogen) atoms. The molecular weight excluding hydrogens is 369 g/mol. The number of rotatable bonds is 7. The van der Waals surface area contributed by atoms with E-state index in [1.165, 1.54) is 0 Å². The van der Waals surface area contributed by atoms with Gasteiger partial charge in [-0.1, -0.05) is 64.8 Å². The third kappa shape index (κ3) is 5.25. The highest BCUT2D eigenvalue weighted by molar-refractivity contribution is 6.35. The lowest BCUT2D eigenvalue weighted by Gasteiger charge is -2.06. The maximum Gasteiger partial charge on any atom is 0.145 e. The highest BCUT2D eigenvalue weighted by atomic mass is 35.5. The number of ether oxygens (including phenoxy) is 1. The van der Waals surface area contributed by atoms with E-state index in [0.29, 0.717) is 16.7 Å². The quantitative estimate of drug-likeness (QED) is 0.362. The minimum atomic E-state index is 0.216. The number of oxime groups is 1. The monoisotopic (exact) mass is 385 g/mol. The molecule has 3 aromatic carbocycles. The average molecular weight is 386 g/mol. The van der Waals surface area contributed by atoms with Crippen LogP contribution in [0.5, 0.6) is 5.75 Å². The Kier molecular flexibility index (Phi) is 6.53. The van der Waals surface area contributed by atoms with Crippen molar-refractivity contribution in [2.75, 3.05) is 0 Å². The molecule has 0 amide bonds. The van der Waals surface area contributed by atoms with Crippen LogP contribution < -0.4 is 4.74 Å². The normalized spacial score (nSPS) is 10.8. The van der Waals surface area contributed by atoms with E-state index < -0.39 is 0 Å². The molecule has 0 bridgehead atoms. The standard InChI is InChI=1S/C21H17Cl2NO2/c22-20-7-4-8-21(23)19(20)15-26-24-13-16-9-11-18(12-10-16)25-14-17-5-2-1-3-6-17/h1-13H,14-15H2/b24-13-. The molecule has 5 heteroatoms. The van der Waals surface area contributed by atoms with Crippen molar-refractivity contribution >= 4 is 29.4 Å². The Morgan fingerprint density at radius 2 is 1.46 bits per heavy atom. The molecule has 0 atom stereocenters. The number of nitrogens with zero attached hydrogens (tertiary/aromatic N) is 1. The Labute approximate surface area is 162 Å². The maximum absolute atomic E-state index is 6.09. The van der Waals surface area contributed by atoms with Crippen molar-refractivity contribution in [3.63, 3.8) is 0 Å². The van der Waals surface area contributed by atoms with E-state index in [1.54, 1.807) is 24.4 Å². The van der Waals surface area contributed by atoms with Gasteiger partial charge in [-0.05, 0) is 47.5 Å². The first-order valence-corrected chi connectivity index (χ1v) is 8.83. The summed E-state index contributed by atoms with van der Waals surface area (Å²) in [5, 5.41) is 5.08. The van der Waals surface area contributed by atoms with Crippen molar-refractivity contribution in [3.05, 3.63) is 99.5 Å². The Bertz CT molecular complexity index is 845. The zero-order chi connectivity index (χ0) is 18.2. The molecule has 0 unspecified atom stereocenters. The summed E-state index contributed by atoms with van der Waals surface area (Å²) in [5.74, 6) is 0.801. The van der Waals surface area contributed by atoms with E-state index in [9.17, 15) is 0 Å². The molecule has 0 aliphatic heterocycles. The van der Waals surface area contributed by atoms with E-state index in [-0.39, 0.29) is 6.61 Å². The van der Waals surface area contributed by atoms with Crippen LogP contribution in [0.25, 0.3) is 0 Å². The van der Waals surface area contributed by atoms with Crippen molar-refractivity contribution in [3.8, 4) is 5.75 Å². The molecule has 0 aliphatic rings. The molecular formula is C21H17Cl2NO2. The zero-order valence-corrected chi connectivity index (χ0v) is 15.5. The minimum Gasteiger partial charge on any atom is -0.489 e. The number of hydrogen-bond acceptors (Lipinski definition) is 3. The van der Waals surface area contributed by atoms with Gasteiger partial charge in [0.2, 0.25) is 0 Å². The number of benzene rings is 3. The minimum absolute atomic E-state index is 0.216. The fraction of sp³-hybridized carbons (Fsp3) is 0.0952. The summed E-state index contributed by atoms with van der Waals surface area (Å²) < 4.78 is 5.75. The molecule has 0 aliphatic carbocycles. The lowest BCUT2D eigenvalue weighted by atomic mass is 10.2. The summed E-state index contributed by atoms with van der Waals surface area (Å²) in [6, 6.07) is 23.0. The number of halogens is 2. The van der Waals surface area contributed by atoms with Gasteiger partial charge in [0.25, 0.3) is 0 Å². The second-order valence-electron chi connectivity index (χ2n) is 5.55. The van der Waals surface area contributed by atoms with Crippen LogP contribution in [0.3, 0.4) is 0 Å². The third-order valence-electron chi connectivity index (χ3n) is 3.68. The Morgan fingerprint density at radius 1 is 0.769 bits per heavy atom. The van der Waals surface area contributed by atoms with Gasteiger partial charge in [0.05, 0.1) is 6.21 Å². The molecule has 132 valence electrons. The maximum atomic E-state index is 6.09. The zero-order valence-electron chi connectivity index (χ0n) is 13.9. The van der Waals surface area contributed by atoms with E-state index >= 15 is 0 Å². The smallest absolute Gasteiger partial charge is 0.145 e. The highest BCUT2D eigenvalue weighted by Crippen LogP contribution is 2.24. The van der Waals surface area contributed by atoms with E-state index in [4.69, 9.17) is 32.8 Å². The van der Waals surface area contributed by atoms with Gasteiger partial charge in [0.1, 0.15) is 19.0 Å². The molecule has 0 spiro atoms. The van der Waals surface area contributed by atoms with E-state index in [1.807, 2.05) is 54.6 Å². The van der Waals surface area contributed by atoms with Crippen LogP contribution in [0.4, 0.5) is 0 Å². The molecule has 0 fully saturated rings. The van der Waals surface area contributed by atoms with Crippen LogP contribution in [0.15, 0.2) is 78.0 Å². The highest BCUT2D eigenvalue weighted by Gasteiger charge is 2.05. The van der Waals surface area contributed by atoms with Crippen LogP contribution >= 0.6 is 23.2 Å². The predicted molar refractivity (Wildman–Crippen MR) is 106 cm³/mol. The molecule has 0 saturated heterocycles. The first kappa shape index (κ1) is 18.3. The van der Waals surface area contributed by atoms with Gasteiger partial charge >= 0.3 is 0 Å². The van der Waals surface area contributed by atoms with Gasteiger partial charge in [-0.2, -0.15) is 0 Å². The summed E-state index contributed by atoms with van der Waals surface area (Å²) in [6.07, 6.45) is 1.63. The summed E-state index contributed by atoms with van der Waals surface area (Å²) in [7, 11) is 0. The van der Waals surface area contributed by atoms with E-state index in [2.05, 4.69) is 5.16 Å². The predicted octanol–water partition coefficient (Wildman–Crippen LogP) is 6.12. The summed E-state index contributed by atoms with van der Waals surface area (Å²) >= 11 is 12.2. The van der Waals surface area contributed by atoms with Crippen molar-refractivity contribution in [1.82, 2.24) is 0 Å². The van der Waals surface area contributed by atoms with Crippen LogP contribution in [-0.4, -0.2) is 6.21 Å². The lowest BCUT2D eigenvalue weighted by Crippen LogP contribution is -1.95. The fourth-order valence-electron chi connectivity index (χ4n) is 2.26. The molecule has 3 aromatic rings. The van der Waals surface area contributed by atoms with E-state index in [0.717, 1.165) is 22.4 Å². The Balaban J connectivity index is 1.50. The second kappa shape index (κ2) is 9.27. The lowest BCUT2D eigenvalue weighted by molar-refractivity contribution is 0.132. The molecule has 0 aromatic heterocycles. The summed E-state index contributed by atoms with van der Waals surface area (Å²) in [6.45, 7) is 0.753. The average Bonchev–Trinajstić information content (AvgIpc) is 2.67. The summed E-state index contributed by atoms with van der Waals surface area (Å²) in [4.78, 5) is 5.29. The first-order chi connectivity index (χ1) is 12.7. The van der Waals surface area contributed by atoms with Crippen LogP contribution in [-0.2, 0) is 18.1 Å². The van der Waals surface area contributed by atoms with Crippen molar-refractivity contribution in [2.45, 2.75) is 13.2 Å². The molecule has 0 saturated carbocycles. The fourth-order valence-corrected chi connectivity index (χ4v) is 2.77. The molecule has 3 rings (SSSR count). The SMILES string of the molecule is Clc1cccc(Cl)c1CO/N=C\c1ccc(OCc2ccccc2)cc1. The topological polar surface area (TPSA) is 30.8 Å². The van der Waals surface area contributed by atoms with Gasteiger partial charge < -0.3 is 9.57 Å². The second-order valence-corrected chi connectivity index (χ2v) is 6.37. The van der Waals surface area contributed by atoms with Crippen molar-refractivity contribution < 1.29 is 9.57 Å². The number of hydrogen-bond donors (Lipinski definition) is 0.